The molecule has 1 fully saturated rings. The average molecular weight is 293 g/mol. The van der Waals surface area contributed by atoms with E-state index in [1.54, 1.807) is 11.8 Å². The van der Waals surface area contributed by atoms with Gasteiger partial charge in [0.1, 0.15) is 0 Å². The number of carbonyl (C=O) groups is 1. The van der Waals surface area contributed by atoms with Crippen molar-refractivity contribution in [2.75, 3.05) is 12.3 Å². The van der Waals surface area contributed by atoms with Crippen LogP contribution in [0, 0.1) is 12.8 Å². The quantitative estimate of drug-likeness (QED) is 0.821. The molecule has 1 aliphatic carbocycles. The molecule has 0 aromatic heterocycles. The molecule has 1 aromatic rings. The summed E-state index contributed by atoms with van der Waals surface area (Å²) < 4.78 is 0. The van der Waals surface area contributed by atoms with Crippen LogP contribution in [0.2, 0.25) is 0 Å². The third kappa shape index (κ3) is 4.84. The molecule has 4 heteroatoms. The van der Waals surface area contributed by atoms with E-state index < -0.39 is 0 Å². The van der Waals surface area contributed by atoms with Crippen LogP contribution >= 0.6 is 11.8 Å². The lowest BCUT2D eigenvalue weighted by atomic mass is 9.86. The van der Waals surface area contributed by atoms with Gasteiger partial charge in [-0.3, -0.25) is 4.79 Å². The first-order valence-corrected chi connectivity index (χ1v) is 8.28. The number of carbonyl (C=O) groups excluding carboxylic acids is 1. The number of hydrogen-bond acceptors (Lipinski definition) is 3. The van der Waals surface area contributed by atoms with Gasteiger partial charge in [0, 0.05) is 17.4 Å². The van der Waals surface area contributed by atoms with Crippen molar-refractivity contribution >= 4 is 17.7 Å². The van der Waals surface area contributed by atoms with E-state index in [4.69, 9.17) is 0 Å². The van der Waals surface area contributed by atoms with Crippen molar-refractivity contribution in [1.82, 2.24) is 5.32 Å². The van der Waals surface area contributed by atoms with Gasteiger partial charge in [-0.25, -0.2) is 0 Å². The van der Waals surface area contributed by atoms with Crippen molar-refractivity contribution in [3.8, 4) is 0 Å². The molecule has 0 radical (unpaired) electrons. The van der Waals surface area contributed by atoms with Crippen molar-refractivity contribution < 1.29 is 9.90 Å². The summed E-state index contributed by atoms with van der Waals surface area (Å²) in [6.07, 6.45) is 3.92. The van der Waals surface area contributed by atoms with Crippen molar-refractivity contribution in [3.05, 3.63) is 29.8 Å². The monoisotopic (exact) mass is 293 g/mol. The van der Waals surface area contributed by atoms with Gasteiger partial charge in [-0.05, 0) is 31.9 Å². The lowest BCUT2D eigenvalue weighted by Crippen LogP contribution is -2.37. The average Bonchev–Trinajstić information content (AvgIpc) is 2.46. The zero-order valence-corrected chi connectivity index (χ0v) is 12.8. The van der Waals surface area contributed by atoms with Crippen LogP contribution in [-0.4, -0.2) is 29.4 Å². The minimum atomic E-state index is -0.242. The molecule has 3 nitrogen and oxygen atoms in total. The van der Waals surface area contributed by atoms with E-state index >= 15 is 0 Å². The predicted molar refractivity (Wildman–Crippen MR) is 82.9 cm³/mol. The third-order valence-electron chi connectivity index (χ3n) is 3.82. The molecule has 1 saturated carbocycles. The van der Waals surface area contributed by atoms with Crippen LogP contribution in [0.15, 0.2) is 29.2 Å². The lowest BCUT2D eigenvalue weighted by molar-refractivity contribution is -0.119. The standard InChI is InChI=1S/C16H23NO2S/c1-12-6-8-14(9-7-12)20-11-16(19)17-10-13-4-2-3-5-15(13)18/h6-9,13,15,18H,2-5,10-11H2,1H3,(H,17,19). The number of thioether (sulfide) groups is 1. The molecule has 1 amide bonds. The van der Waals surface area contributed by atoms with Gasteiger partial charge in [0.25, 0.3) is 0 Å². The number of aliphatic hydroxyl groups is 1. The number of rotatable bonds is 5. The molecule has 0 spiro atoms. The number of hydrogen-bond donors (Lipinski definition) is 2. The molecule has 0 bridgehead atoms. The van der Waals surface area contributed by atoms with E-state index in [2.05, 4.69) is 24.4 Å². The summed E-state index contributed by atoms with van der Waals surface area (Å²) in [4.78, 5) is 12.9. The Kier molecular flexibility index (Phi) is 5.92. The summed E-state index contributed by atoms with van der Waals surface area (Å²) >= 11 is 1.55. The van der Waals surface area contributed by atoms with E-state index in [0.29, 0.717) is 12.3 Å². The molecule has 2 rings (SSSR count). The second-order valence-electron chi connectivity index (χ2n) is 5.52. The van der Waals surface area contributed by atoms with Gasteiger partial charge in [0.05, 0.1) is 11.9 Å². The van der Waals surface area contributed by atoms with Crippen LogP contribution in [0.3, 0.4) is 0 Å². The van der Waals surface area contributed by atoms with Crippen LogP contribution in [0.25, 0.3) is 0 Å². The molecule has 2 atom stereocenters. The van der Waals surface area contributed by atoms with Crippen LogP contribution in [0.4, 0.5) is 0 Å². The SMILES string of the molecule is Cc1ccc(SCC(=O)NCC2CCCCC2O)cc1. The Morgan fingerprint density at radius 1 is 1.30 bits per heavy atom. The van der Waals surface area contributed by atoms with Gasteiger partial charge in [0.15, 0.2) is 0 Å². The Balaban J connectivity index is 1.68. The number of benzene rings is 1. The zero-order valence-electron chi connectivity index (χ0n) is 12.0. The minimum Gasteiger partial charge on any atom is -0.393 e. The molecule has 1 aliphatic rings. The fraction of sp³-hybridized carbons (Fsp3) is 0.562. The first-order chi connectivity index (χ1) is 9.65. The summed E-state index contributed by atoms with van der Waals surface area (Å²) in [6, 6.07) is 8.19. The van der Waals surface area contributed by atoms with Gasteiger partial charge in [0.2, 0.25) is 5.91 Å². The van der Waals surface area contributed by atoms with E-state index in [-0.39, 0.29) is 17.9 Å². The van der Waals surface area contributed by atoms with Crippen LogP contribution < -0.4 is 5.32 Å². The van der Waals surface area contributed by atoms with Gasteiger partial charge >= 0.3 is 0 Å². The maximum atomic E-state index is 11.8. The second-order valence-corrected chi connectivity index (χ2v) is 6.57. The highest BCUT2D eigenvalue weighted by molar-refractivity contribution is 8.00. The molecule has 2 N–H and O–H groups in total. The first-order valence-electron chi connectivity index (χ1n) is 7.29. The zero-order chi connectivity index (χ0) is 14.4. The van der Waals surface area contributed by atoms with E-state index in [1.807, 2.05) is 12.1 Å². The fourth-order valence-electron chi connectivity index (χ4n) is 2.51. The highest BCUT2D eigenvalue weighted by Crippen LogP contribution is 2.23. The molecule has 0 aliphatic heterocycles. The molecular formula is C16H23NO2S. The van der Waals surface area contributed by atoms with Crippen molar-refractivity contribution in [1.29, 1.82) is 0 Å². The number of amides is 1. The Bertz CT molecular complexity index is 433. The van der Waals surface area contributed by atoms with E-state index in [1.165, 1.54) is 5.56 Å². The minimum absolute atomic E-state index is 0.0494. The molecule has 0 heterocycles. The van der Waals surface area contributed by atoms with Crippen molar-refractivity contribution in [2.24, 2.45) is 5.92 Å². The normalized spacial score (nSPS) is 22.5. The van der Waals surface area contributed by atoms with Gasteiger partial charge < -0.3 is 10.4 Å². The molecule has 0 saturated heterocycles. The Morgan fingerprint density at radius 2 is 2.00 bits per heavy atom. The Morgan fingerprint density at radius 3 is 2.70 bits per heavy atom. The summed E-state index contributed by atoms with van der Waals surface area (Å²) in [5.41, 5.74) is 1.23. The van der Waals surface area contributed by atoms with Crippen LogP contribution in [0.5, 0.6) is 0 Å². The topological polar surface area (TPSA) is 49.3 Å². The van der Waals surface area contributed by atoms with Crippen molar-refractivity contribution in [2.45, 2.75) is 43.6 Å². The molecule has 2 unspecified atom stereocenters. The largest absolute Gasteiger partial charge is 0.393 e. The molecule has 1 aromatic carbocycles. The Labute approximate surface area is 125 Å². The smallest absolute Gasteiger partial charge is 0.230 e. The fourth-order valence-corrected chi connectivity index (χ4v) is 3.23. The first kappa shape index (κ1) is 15.4. The summed E-state index contributed by atoms with van der Waals surface area (Å²) in [5.74, 6) is 0.719. The highest BCUT2D eigenvalue weighted by Gasteiger charge is 2.23. The molecule has 110 valence electrons. The highest BCUT2D eigenvalue weighted by atomic mass is 32.2. The summed E-state index contributed by atoms with van der Waals surface area (Å²) in [5, 5.41) is 12.8. The molecule has 20 heavy (non-hydrogen) atoms. The number of nitrogens with one attached hydrogen (secondary N) is 1. The summed E-state index contributed by atoms with van der Waals surface area (Å²) in [6.45, 7) is 2.66. The Hall–Kier alpha value is -1.00. The molecular weight excluding hydrogens is 270 g/mol. The lowest BCUT2D eigenvalue weighted by Gasteiger charge is -2.27. The van der Waals surface area contributed by atoms with E-state index in [9.17, 15) is 9.90 Å². The number of aliphatic hydroxyl groups excluding tert-OH is 1. The predicted octanol–water partition coefficient (Wildman–Crippen LogP) is 2.75. The van der Waals surface area contributed by atoms with Crippen LogP contribution in [-0.2, 0) is 4.79 Å². The van der Waals surface area contributed by atoms with Gasteiger partial charge in [-0.1, -0.05) is 30.5 Å². The van der Waals surface area contributed by atoms with Gasteiger partial charge in [-0.15, -0.1) is 11.8 Å². The maximum absolute atomic E-state index is 11.8. The van der Waals surface area contributed by atoms with Crippen molar-refractivity contribution in [3.63, 3.8) is 0 Å². The van der Waals surface area contributed by atoms with Gasteiger partial charge in [-0.2, -0.15) is 0 Å². The third-order valence-corrected chi connectivity index (χ3v) is 4.83. The second kappa shape index (κ2) is 7.70. The van der Waals surface area contributed by atoms with Crippen LogP contribution in [0.1, 0.15) is 31.2 Å². The number of aryl methyl sites for hydroxylation is 1. The summed E-state index contributed by atoms with van der Waals surface area (Å²) in [7, 11) is 0. The maximum Gasteiger partial charge on any atom is 0.230 e. The van der Waals surface area contributed by atoms with E-state index in [0.717, 1.165) is 30.6 Å².